The largest absolute Gasteiger partial charge is 0.346 e. The molecule has 3 aromatic rings. The molecule has 7 nitrogen and oxygen atoms in total. The van der Waals surface area contributed by atoms with Crippen molar-refractivity contribution in [2.45, 2.75) is 19.9 Å². The molecule has 140 valence electrons. The number of anilines is 1. The SMILES string of the molecule is CC(C)[C@H](N)C(=O)NCC(=O)Nc1nc2ccccc2n1-c1ccccc1. The Kier molecular flexibility index (Phi) is 5.52. The number of para-hydroxylation sites is 3. The standard InChI is InChI=1S/C20H23N5O2/c1-13(2)18(21)19(27)22-12-17(26)24-20-23-15-10-6-7-11-16(15)25(20)14-8-4-3-5-9-14/h3-11,13,18H,12,21H2,1-2H3,(H,22,27)(H,23,24,26)/t18-/m0/s1. The number of carbonyl (C=O) groups excluding carboxylic acids is 2. The molecule has 2 amide bonds. The van der Waals surface area contributed by atoms with Crippen molar-refractivity contribution in [1.29, 1.82) is 0 Å². The van der Waals surface area contributed by atoms with Crippen LogP contribution in [0.1, 0.15) is 13.8 Å². The highest BCUT2D eigenvalue weighted by Gasteiger charge is 2.19. The van der Waals surface area contributed by atoms with Gasteiger partial charge < -0.3 is 11.1 Å². The summed E-state index contributed by atoms with van der Waals surface area (Å²) in [4.78, 5) is 28.8. The molecule has 1 aromatic heterocycles. The van der Waals surface area contributed by atoms with Gasteiger partial charge in [0, 0.05) is 5.69 Å². The van der Waals surface area contributed by atoms with Gasteiger partial charge in [-0.25, -0.2) is 4.98 Å². The normalized spacial score (nSPS) is 12.1. The molecule has 0 saturated heterocycles. The van der Waals surface area contributed by atoms with Gasteiger partial charge in [-0.15, -0.1) is 0 Å². The first-order chi connectivity index (χ1) is 13.0. The molecule has 4 N–H and O–H groups in total. The summed E-state index contributed by atoms with van der Waals surface area (Å²) in [7, 11) is 0. The molecule has 0 saturated carbocycles. The molecule has 0 aliphatic rings. The van der Waals surface area contributed by atoms with Crippen LogP contribution in [0.5, 0.6) is 0 Å². The molecule has 27 heavy (non-hydrogen) atoms. The van der Waals surface area contributed by atoms with Gasteiger partial charge in [-0.05, 0) is 30.2 Å². The van der Waals surface area contributed by atoms with Crippen LogP contribution in [0.15, 0.2) is 54.6 Å². The second kappa shape index (κ2) is 8.01. The summed E-state index contributed by atoms with van der Waals surface area (Å²) in [6.45, 7) is 3.54. The zero-order valence-corrected chi connectivity index (χ0v) is 15.3. The molecule has 3 rings (SSSR count). The number of fused-ring (bicyclic) bond motifs is 1. The molecular formula is C20H23N5O2. The lowest BCUT2D eigenvalue weighted by molar-refractivity contribution is -0.125. The van der Waals surface area contributed by atoms with Crippen molar-refractivity contribution in [3.05, 3.63) is 54.6 Å². The number of nitrogens with two attached hydrogens (primary N) is 1. The number of aromatic nitrogens is 2. The summed E-state index contributed by atoms with van der Waals surface area (Å²) in [5.74, 6) is -0.325. The Labute approximate surface area is 157 Å². The molecule has 0 fully saturated rings. The van der Waals surface area contributed by atoms with Gasteiger partial charge in [0.1, 0.15) is 0 Å². The number of nitrogens with zero attached hydrogens (tertiary/aromatic N) is 2. The topological polar surface area (TPSA) is 102 Å². The zero-order chi connectivity index (χ0) is 19.4. The van der Waals surface area contributed by atoms with Gasteiger partial charge in [0.05, 0.1) is 23.6 Å². The predicted molar refractivity (Wildman–Crippen MR) is 106 cm³/mol. The second-order valence-corrected chi connectivity index (χ2v) is 6.63. The van der Waals surface area contributed by atoms with Crippen molar-refractivity contribution >= 4 is 28.8 Å². The average Bonchev–Trinajstić information content (AvgIpc) is 3.03. The van der Waals surface area contributed by atoms with Crippen LogP contribution in [0.3, 0.4) is 0 Å². The van der Waals surface area contributed by atoms with E-state index in [-0.39, 0.29) is 24.3 Å². The first-order valence-corrected chi connectivity index (χ1v) is 8.83. The summed E-state index contributed by atoms with van der Waals surface area (Å²) in [6, 6.07) is 16.6. The minimum atomic E-state index is -0.647. The lowest BCUT2D eigenvalue weighted by atomic mass is 10.1. The van der Waals surface area contributed by atoms with Crippen LogP contribution in [0.4, 0.5) is 5.95 Å². The highest BCUT2D eigenvalue weighted by Crippen LogP contribution is 2.24. The van der Waals surface area contributed by atoms with E-state index in [4.69, 9.17) is 5.73 Å². The van der Waals surface area contributed by atoms with Crippen LogP contribution in [0, 0.1) is 5.92 Å². The van der Waals surface area contributed by atoms with E-state index in [9.17, 15) is 9.59 Å². The van der Waals surface area contributed by atoms with Crippen LogP contribution < -0.4 is 16.4 Å². The number of rotatable bonds is 6. The number of nitrogens with one attached hydrogen (secondary N) is 2. The lowest BCUT2D eigenvalue weighted by Gasteiger charge is -2.15. The minimum absolute atomic E-state index is 0.00432. The third-order valence-corrected chi connectivity index (χ3v) is 4.27. The number of hydrogen-bond acceptors (Lipinski definition) is 4. The predicted octanol–water partition coefficient (Wildman–Crippen LogP) is 2.06. The van der Waals surface area contributed by atoms with Crippen molar-refractivity contribution in [2.24, 2.45) is 11.7 Å². The fraction of sp³-hybridized carbons (Fsp3) is 0.250. The molecule has 0 aliphatic carbocycles. The molecule has 2 aromatic carbocycles. The van der Waals surface area contributed by atoms with E-state index in [1.54, 1.807) is 0 Å². The van der Waals surface area contributed by atoms with Crippen LogP contribution >= 0.6 is 0 Å². The van der Waals surface area contributed by atoms with Gasteiger partial charge in [-0.1, -0.05) is 44.2 Å². The van der Waals surface area contributed by atoms with Crippen molar-refractivity contribution in [1.82, 2.24) is 14.9 Å². The van der Waals surface area contributed by atoms with E-state index >= 15 is 0 Å². The van der Waals surface area contributed by atoms with Crippen molar-refractivity contribution in [2.75, 3.05) is 11.9 Å². The molecule has 0 bridgehead atoms. The Balaban J connectivity index is 1.81. The number of amides is 2. The molecule has 0 radical (unpaired) electrons. The van der Waals surface area contributed by atoms with E-state index < -0.39 is 6.04 Å². The summed E-state index contributed by atoms with van der Waals surface area (Å²) >= 11 is 0. The summed E-state index contributed by atoms with van der Waals surface area (Å²) < 4.78 is 1.87. The van der Waals surface area contributed by atoms with E-state index in [0.29, 0.717) is 5.95 Å². The second-order valence-electron chi connectivity index (χ2n) is 6.63. The first-order valence-electron chi connectivity index (χ1n) is 8.83. The number of carbonyl (C=O) groups is 2. The van der Waals surface area contributed by atoms with E-state index in [1.807, 2.05) is 73.0 Å². The molecule has 0 spiro atoms. The van der Waals surface area contributed by atoms with Crippen LogP contribution in [0.25, 0.3) is 16.7 Å². The molecule has 1 heterocycles. The van der Waals surface area contributed by atoms with Crippen LogP contribution in [-0.2, 0) is 9.59 Å². The number of imidazole rings is 1. The number of benzene rings is 2. The van der Waals surface area contributed by atoms with Gasteiger partial charge in [0.2, 0.25) is 17.8 Å². The van der Waals surface area contributed by atoms with Crippen LogP contribution in [-0.4, -0.2) is 34.0 Å². The van der Waals surface area contributed by atoms with E-state index in [1.165, 1.54) is 0 Å². The number of hydrogen-bond donors (Lipinski definition) is 3. The maximum Gasteiger partial charge on any atom is 0.246 e. The Morgan fingerprint density at radius 3 is 2.44 bits per heavy atom. The van der Waals surface area contributed by atoms with Gasteiger partial charge in [0.15, 0.2) is 0 Å². The monoisotopic (exact) mass is 365 g/mol. The Bertz CT molecular complexity index is 949. The third-order valence-electron chi connectivity index (χ3n) is 4.27. The van der Waals surface area contributed by atoms with Crippen LogP contribution in [0.2, 0.25) is 0 Å². The van der Waals surface area contributed by atoms with Gasteiger partial charge in [-0.3, -0.25) is 19.5 Å². The summed E-state index contributed by atoms with van der Waals surface area (Å²) in [5, 5.41) is 5.34. The van der Waals surface area contributed by atoms with E-state index in [0.717, 1.165) is 16.7 Å². The third kappa shape index (κ3) is 4.15. The summed E-state index contributed by atoms with van der Waals surface area (Å²) in [5.41, 5.74) is 8.32. The Hall–Kier alpha value is -3.19. The quantitative estimate of drug-likeness (QED) is 0.622. The fourth-order valence-electron chi connectivity index (χ4n) is 2.71. The average molecular weight is 365 g/mol. The minimum Gasteiger partial charge on any atom is -0.346 e. The van der Waals surface area contributed by atoms with Gasteiger partial charge >= 0.3 is 0 Å². The van der Waals surface area contributed by atoms with Crippen molar-refractivity contribution in [3.8, 4) is 5.69 Å². The summed E-state index contributed by atoms with van der Waals surface area (Å²) in [6.07, 6.45) is 0. The van der Waals surface area contributed by atoms with E-state index in [2.05, 4.69) is 15.6 Å². The highest BCUT2D eigenvalue weighted by atomic mass is 16.2. The highest BCUT2D eigenvalue weighted by molar-refractivity contribution is 5.96. The molecule has 0 aliphatic heterocycles. The Morgan fingerprint density at radius 1 is 1.07 bits per heavy atom. The lowest BCUT2D eigenvalue weighted by Crippen LogP contribution is -2.46. The fourth-order valence-corrected chi connectivity index (χ4v) is 2.71. The molecule has 1 atom stereocenters. The maximum atomic E-state index is 12.3. The first kappa shape index (κ1) is 18.6. The molecular weight excluding hydrogens is 342 g/mol. The van der Waals surface area contributed by atoms with Crippen molar-refractivity contribution in [3.63, 3.8) is 0 Å². The van der Waals surface area contributed by atoms with Crippen molar-refractivity contribution < 1.29 is 9.59 Å². The maximum absolute atomic E-state index is 12.3. The van der Waals surface area contributed by atoms with Gasteiger partial charge in [-0.2, -0.15) is 0 Å². The smallest absolute Gasteiger partial charge is 0.246 e. The Morgan fingerprint density at radius 2 is 1.74 bits per heavy atom. The zero-order valence-electron chi connectivity index (χ0n) is 15.3. The molecule has 7 heteroatoms. The van der Waals surface area contributed by atoms with Gasteiger partial charge in [0.25, 0.3) is 0 Å². The molecule has 0 unspecified atom stereocenters.